The highest BCUT2D eigenvalue weighted by molar-refractivity contribution is 7.22. The van der Waals surface area contributed by atoms with Crippen molar-refractivity contribution in [3.63, 3.8) is 0 Å². The molecule has 0 fully saturated rings. The molecule has 4 rings (SSSR count). The molecule has 2 aromatic carbocycles. The lowest BCUT2D eigenvalue weighted by atomic mass is 10.0. The first-order valence-electron chi connectivity index (χ1n) is 10.0. The lowest BCUT2D eigenvalue weighted by molar-refractivity contribution is 0.388. The van der Waals surface area contributed by atoms with Gasteiger partial charge in [0.25, 0.3) is 0 Å². The van der Waals surface area contributed by atoms with Crippen molar-refractivity contribution in [2.75, 3.05) is 18.0 Å². The maximum absolute atomic E-state index is 11.2. The predicted molar refractivity (Wildman–Crippen MR) is 123 cm³/mol. The number of rotatable bonds is 8. The van der Waals surface area contributed by atoms with Crippen LogP contribution in [0.5, 0.6) is 0 Å². The molecular formula is C22H23ClN4O2S. The Morgan fingerprint density at radius 2 is 2.07 bits per heavy atom. The molecule has 0 atom stereocenters. The number of hydrogen-bond acceptors (Lipinski definition) is 6. The number of benzene rings is 2. The molecule has 0 amide bonds. The van der Waals surface area contributed by atoms with Crippen LogP contribution < -0.4 is 10.7 Å². The summed E-state index contributed by atoms with van der Waals surface area (Å²) >= 11 is 7.83. The fourth-order valence-electron chi connectivity index (χ4n) is 3.43. The average molecular weight is 443 g/mol. The fraction of sp³-hybridized carbons (Fsp3) is 0.318. The highest BCUT2D eigenvalue weighted by Gasteiger charge is 2.14. The van der Waals surface area contributed by atoms with Crippen molar-refractivity contribution in [1.82, 2.24) is 15.1 Å². The van der Waals surface area contributed by atoms with Crippen LogP contribution in [0.2, 0.25) is 5.02 Å². The second-order valence-corrected chi connectivity index (χ2v) is 8.74. The topological polar surface area (TPSA) is 75.0 Å². The van der Waals surface area contributed by atoms with Gasteiger partial charge in [-0.2, -0.15) is 0 Å². The molecule has 0 aliphatic heterocycles. The maximum Gasteiger partial charge on any atom is 0.439 e. The van der Waals surface area contributed by atoms with Crippen molar-refractivity contribution in [3.05, 3.63) is 63.1 Å². The zero-order valence-corrected chi connectivity index (χ0v) is 18.5. The summed E-state index contributed by atoms with van der Waals surface area (Å²) in [6.07, 6.45) is 3.15. The first-order chi connectivity index (χ1) is 14.5. The maximum atomic E-state index is 11.2. The van der Waals surface area contributed by atoms with Gasteiger partial charge >= 0.3 is 5.76 Å². The summed E-state index contributed by atoms with van der Waals surface area (Å²) in [5.74, 6) is -0.0843. The van der Waals surface area contributed by atoms with Gasteiger partial charge < -0.3 is 4.90 Å². The minimum Gasteiger partial charge on any atom is -0.348 e. The van der Waals surface area contributed by atoms with Crippen LogP contribution in [0, 0.1) is 6.92 Å². The summed E-state index contributed by atoms with van der Waals surface area (Å²) < 4.78 is 5.73. The number of halogens is 1. The van der Waals surface area contributed by atoms with E-state index in [0.29, 0.717) is 5.82 Å². The van der Waals surface area contributed by atoms with E-state index >= 15 is 0 Å². The average Bonchev–Trinajstić information content (AvgIpc) is 3.34. The molecule has 8 heteroatoms. The lowest BCUT2D eigenvalue weighted by Gasteiger charge is -2.21. The van der Waals surface area contributed by atoms with Gasteiger partial charge in [-0.05, 0) is 49.1 Å². The molecule has 2 aromatic heterocycles. The Kier molecular flexibility index (Phi) is 6.20. The van der Waals surface area contributed by atoms with Crippen molar-refractivity contribution in [2.24, 2.45) is 0 Å². The highest BCUT2D eigenvalue weighted by atomic mass is 35.5. The van der Waals surface area contributed by atoms with Gasteiger partial charge in [-0.1, -0.05) is 59.6 Å². The van der Waals surface area contributed by atoms with Gasteiger partial charge in [-0.15, -0.1) is 0 Å². The van der Waals surface area contributed by atoms with Crippen molar-refractivity contribution < 1.29 is 4.52 Å². The van der Waals surface area contributed by atoms with Crippen molar-refractivity contribution in [1.29, 1.82) is 0 Å². The third-order valence-electron chi connectivity index (χ3n) is 5.05. The number of H-pyrrole nitrogens is 1. The number of aryl methyl sites for hydroxylation is 1. The van der Waals surface area contributed by atoms with E-state index in [0.717, 1.165) is 63.8 Å². The van der Waals surface area contributed by atoms with E-state index in [2.05, 4.69) is 38.6 Å². The Labute approximate surface area is 183 Å². The van der Waals surface area contributed by atoms with Gasteiger partial charge in [0.2, 0.25) is 0 Å². The normalized spacial score (nSPS) is 11.3. The molecule has 0 saturated heterocycles. The molecule has 30 heavy (non-hydrogen) atoms. The number of fused-ring (bicyclic) bond motifs is 1. The van der Waals surface area contributed by atoms with Crippen molar-refractivity contribution in [3.8, 4) is 11.4 Å². The van der Waals surface area contributed by atoms with Crippen LogP contribution in [0.1, 0.15) is 30.9 Å². The quantitative estimate of drug-likeness (QED) is 0.392. The van der Waals surface area contributed by atoms with Crippen LogP contribution >= 0.6 is 22.9 Å². The second-order valence-electron chi connectivity index (χ2n) is 7.29. The van der Waals surface area contributed by atoms with Crippen LogP contribution in [0.15, 0.2) is 45.7 Å². The van der Waals surface area contributed by atoms with Crippen molar-refractivity contribution >= 4 is 38.3 Å². The van der Waals surface area contributed by atoms with Gasteiger partial charge in [0, 0.05) is 23.7 Å². The van der Waals surface area contributed by atoms with Gasteiger partial charge in [-0.3, -0.25) is 9.51 Å². The van der Waals surface area contributed by atoms with E-state index in [1.54, 1.807) is 11.3 Å². The van der Waals surface area contributed by atoms with E-state index in [1.807, 2.05) is 31.2 Å². The molecule has 6 nitrogen and oxygen atoms in total. The van der Waals surface area contributed by atoms with Gasteiger partial charge in [-0.25, -0.2) is 9.78 Å². The van der Waals surface area contributed by atoms with Crippen molar-refractivity contribution in [2.45, 2.75) is 33.1 Å². The zero-order valence-electron chi connectivity index (χ0n) is 16.9. The molecule has 0 spiro atoms. The van der Waals surface area contributed by atoms with Gasteiger partial charge in [0.05, 0.1) is 10.2 Å². The standard InChI is InChI=1S/C22H23ClN4O2S/c1-3-4-10-27(21-24-18-8-6-16(23)13-19(18)30-21)11-9-15-5-7-17(14(2)12-15)20-25-22(28)29-26-20/h5-8,12-13H,3-4,9-11H2,1-2H3,(H,25,26,28). The fourth-order valence-corrected chi connectivity index (χ4v) is 4.72. The molecular weight excluding hydrogens is 420 g/mol. The van der Waals surface area contributed by atoms with E-state index in [4.69, 9.17) is 16.6 Å². The Hall–Kier alpha value is -2.64. The summed E-state index contributed by atoms with van der Waals surface area (Å²) in [5, 5.41) is 5.56. The minimum absolute atomic E-state index is 0.460. The molecule has 0 saturated carbocycles. The summed E-state index contributed by atoms with van der Waals surface area (Å²) in [7, 11) is 0. The summed E-state index contributed by atoms with van der Waals surface area (Å²) in [6.45, 7) is 6.07. The second kappa shape index (κ2) is 9.02. The number of thiazole rings is 1. The van der Waals surface area contributed by atoms with E-state index in [9.17, 15) is 4.79 Å². The lowest BCUT2D eigenvalue weighted by Crippen LogP contribution is -2.26. The molecule has 0 aliphatic carbocycles. The number of aromatic amines is 1. The molecule has 0 radical (unpaired) electrons. The van der Waals surface area contributed by atoms with E-state index in [1.165, 1.54) is 5.56 Å². The number of unbranched alkanes of at least 4 members (excludes halogenated alkanes) is 1. The molecule has 4 aromatic rings. The van der Waals surface area contributed by atoms with E-state index in [-0.39, 0.29) is 0 Å². The predicted octanol–water partition coefficient (Wildman–Crippen LogP) is 5.45. The Morgan fingerprint density at radius 1 is 1.20 bits per heavy atom. The van der Waals surface area contributed by atoms with E-state index < -0.39 is 5.76 Å². The van der Waals surface area contributed by atoms with Crippen LogP contribution in [0.3, 0.4) is 0 Å². The van der Waals surface area contributed by atoms with Gasteiger partial charge in [0.15, 0.2) is 11.0 Å². The summed E-state index contributed by atoms with van der Waals surface area (Å²) in [4.78, 5) is 21.0. The molecule has 0 bridgehead atoms. The molecule has 1 N–H and O–H groups in total. The number of hydrogen-bond donors (Lipinski definition) is 1. The number of anilines is 1. The third-order valence-corrected chi connectivity index (χ3v) is 6.36. The third kappa shape index (κ3) is 4.57. The Balaban J connectivity index is 1.52. The largest absolute Gasteiger partial charge is 0.439 e. The number of nitrogens with one attached hydrogen (secondary N) is 1. The zero-order chi connectivity index (χ0) is 21.1. The molecule has 156 valence electrons. The minimum atomic E-state index is -0.544. The van der Waals surface area contributed by atoms with Crippen LogP contribution in [0.4, 0.5) is 5.13 Å². The molecule has 2 heterocycles. The van der Waals surface area contributed by atoms with Crippen LogP contribution in [0.25, 0.3) is 21.6 Å². The molecule has 0 aliphatic rings. The van der Waals surface area contributed by atoms with Crippen LogP contribution in [-0.4, -0.2) is 28.2 Å². The first kappa shape index (κ1) is 20.6. The highest BCUT2D eigenvalue weighted by Crippen LogP contribution is 2.31. The first-order valence-corrected chi connectivity index (χ1v) is 11.2. The number of aromatic nitrogens is 3. The molecule has 0 unspecified atom stereocenters. The number of nitrogens with zero attached hydrogens (tertiary/aromatic N) is 3. The van der Waals surface area contributed by atoms with Crippen LogP contribution in [-0.2, 0) is 6.42 Å². The van der Waals surface area contributed by atoms with Gasteiger partial charge in [0.1, 0.15) is 0 Å². The smallest absolute Gasteiger partial charge is 0.348 e. The Bertz CT molecular complexity index is 1210. The Morgan fingerprint density at radius 3 is 2.80 bits per heavy atom. The SMILES string of the molecule is CCCCN(CCc1ccc(-c2noc(=O)[nH]2)c(C)c1)c1nc2ccc(Cl)cc2s1. The summed E-state index contributed by atoms with van der Waals surface area (Å²) in [5.41, 5.74) is 4.14. The monoisotopic (exact) mass is 442 g/mol. The summed E-state index contributed by atoms with van der Waals surface area (Å²) in [6, 6.07) is 12.0.